The number of amides is 2. The molecule has 1 fully saturated rings. The number of rotatable bonds is 11. The number of halogens is 4. The number of pyridine rings is 1. The van der Waals surface area contributed by atoms with E-state index in [1.807, 2.05) is 0 Å². The second kappa shape index (κ2) is 11.8. The topological polar surface area (TPSA) is 96.3 Å². The average Bonchev–Trinajstić information content (AvgIpc) is 3.73. The standard InChI is InChI=1S/C28H22Cl2F2N2O6/c29-20-11-33-12-21(30)19(20)10-23(16-7-8-22(40-28(31)32)24(9-16)38-14-15-5-6-15)39-25(35)13-34-26(36)17-3-1-2-4-18(17)27(34)37/h1-4,7-9,11-12,15,23,28H,5-6,10,13-14H2/p+1/t23-/m0/s1. The summed E-state index contributed by atoms with van der Waals surface area (Å²) < 4.78 is 42.2. The first kappa shape index (κ1) is 27.8. The molecule has 0 saturated heterocycles. The Morgan fingerprint density at radius 3 is 2.25 bits per heavy atom. The van der Waals surface area contributed by atoms with Crippen LogP contribution in [0.2, 0.25) is 10.0 Å². The van der Waals surface area contributed by atoms with Gasteiger partial charge in [0, 0.05) is 12.0 Å². The monoisotopic (exact) mass is 591 g/mol. The van der Waals surface area contributed by atoms with Crippen LogP contribution in [0, 0.1) is 5.92 Å². The number of nitrogens with one attached hydrogen (secondary N) is 1. The van der Waals surface area contributed by atoms with Crippen molar-refractivity contribution in [3.05, 3.63) is 87.2 Å². The lowest BCUT2D eigenvalue weighted by molar-refractivity contribution is -0.377. The van der Waals surface area contributed by atoms with Crippen molar-refractivity contribution in [2.24, 2.45) is 5.92 Å². The molecule has 0 unspecified atom stereocenters. The van der Waals surface area contributed by atoms with E-state index < -0.39 is 37.0 Å². The van der Waals surface area contributed by atoms with Gasteiger partial charge in [0.15, 0.2) is 23.9 Å². The van der Waals surface area contributed by atoms with Gasteiger partial charge in [-0.15, -0.1) is 0 Å². The molecule has 5 rings (SSSR count). The third-order valence-corrected chi connectivity index (χ3v) is 7.23. The van der Waals surface area contributed by atoms with E-state index in [4.69, 9.17) is 32.7 Å². The molecular weight excluding hydrogens is 569 g/mol. The molecule has 1 atom stereocenters. The molecule has 0 bridgehead atoms. The van der Waals surface area contributed by atoms with Gasteiger partial charge in [0.1, 0.15) is 22.7 Å². The highest BCUT2D eigenvalue weighted by Crippen LogP contribution is 2.38. The Hall–Kier alpha value is -3.76. The van der Waals surface area contributed by atoms with Crippen molar-refractivity contribution in [3.63, 3.8) is 0 Å². The van der Waals surface area contributed by atoms with Gasteiger partial charge in [0.2, 0.25) is 0 Å². The van der Waals surface area contributed by atoms with E-state index in [1.54, 1.807) is 12.1 Å². The fourth-order valence-electron chi connectivity index (χ4n) is 4.32. The van der Waals surface area contributed by atoms with Gasteiger partial charge in [0.05, 0.1) is 17.7 Å². The normalized spacial score (nSPS) is 15.3. The van der Waals surface area contributed by atoms with Crippen molar-refractivity contribution in [3.8, 4) is 11.5 Å². The van der Waals surface area contributed by atoms with Gasteiger partial charge in [-0.05, 0) is 48.6 Å². The minimum Gasteiger partial charge on any atom is -0.489 e. The molecule has 0 radical (unpaired) electrons. The number of carbonyl (C=O) groups is 3. The SMILES string of the molecule is O=C(CN1C(=O)c2ccccc2C1=O)O[C@@H](Cc1c(Cl)c[nH+]cc1Cl)c1ccc(OC(F)F)c(OCC2CC2)c1. The highest BCUT2D eigenvalue weighted by molar-refractivity contribution is 6.35. The highest BCUT2D eigenvalue weighted by Gasteiger charge is 2.37. The first-order valence-electron chi connectivity index (χ1n) is 12.4. The van der Waals surface area contributed by atoms with E-state index in [-0.39, 0.29) is 39.1 Å². The second-order valence-electron chi connectivity index (χ2n) is 9.39. The van der Waals surface area contributed by atoms with Crippen LogP contribution in [0.25, 0.3) is 0 Å². The lowest BCUT2D eigenvalue weighted by Crippen LogP contribution is -2.36. The molecular formula is C28H23Cl2F2N2O6+. The summed E-state index contributed by atoms with van der Waals surface area (Å²) in [6.45, 7) is -3.38. The average molecular weight is 592 g/mol. The third kappa shape index (κ3) is 6.18. The van der Waals surface area contributed by atoms with Crippen LogP contribution in [0.3, 0.4) is 0 Å². The number of esters is 1. The molecule has 0 spiro atoms. The van der Waals surface area contributed by atoms with E-state index in [2.05, 4.69) is 9.72 Å². The summed E-state index contributed by atoms with van der Waals surface area (Å²) in [5, 5.41) is 0.550. The Morgan fingerprint density at radius 1 is 1.00 bits per heavy atom. The maximum Gasteiger partial charge on any atom is 0.387 e. The maximum absolute atomic E-state index is 13.1. The summed E-state index contributed by atoms with van der Waals surface area (Å²) in [6, 6.07) is 10.5. The summed E-state index contributed by atoms with van der Waals surface area (Å²) in [7, 11) is 0. The van der Waals surface area contributed by atoms with Crippen LogP contribution in [0.15, 0.2) is 54.9 Å². The van der Waals surface area contributed by atoms with E-state index in [1.165, 1.54) is 42.7 Å². The Labute approximate surface area is 237 Å². The molecule has 1 N–H and O–H groups in total. The Balaban J connectivity index is 1.42. The highest BCUT2D eigenvalue weighted by atomic mass is 35.5. The van der Waals surface area contributed by atoms with Gasteiger partial charge in [-0.2, -0.15) is 8.78 Å². The van der Waals surface area contributed by atoms with Crippen molar-refractivity contribution in [2.75, 3.05) is 13.2 Å². The van der Waals surface area contributed by atoms with Crippen LogP contribution in [0.5, 0.6) is 11.5 Å². The van der Waals surface area contributed by atoms with E-state index >= 15 is 0 Å². The molecule has 2 aliphatic rings. The van der Waals surface area contributed by atoms with Crippen LogP contribution in [-0.2, 0) is 16.0 Å². The Bertz CT molecular complexity index is 1410. The number of carbonyl (C=O) groups excluding carboxylic acids is 3. The molecule has 2 heterocycles. The number of fused-ring (bicyclic) bond motifs is 1. The van der Waals surface area contributed by atoms with Crippen LogP contribution in [-0.4, -0.2) is 42.4 Å². The van der Waals surface area contributed by atoms with Crippen molar-refractivity contribution >= 4 is 41.0 Å². The van der Waals surface area contributed by atoms with Gasteiger partial charge in [-0.25, -0.2) is 4.98 Å². The quantitative estimate of drug-likeness (QED) is 0.221. The molecule has 208 valence electrons. The van der Waals surface area contributed by atoms with Gasteiger partial charge in [-0.3, -0.25) is 19.3 Å². The minimum absolute atomic E-state index is 0.00266. The predicted molar refractivity (Wildman–Crippen MR) is 139 cm³/mol. The summed E-state index contributed by atoms with van der Waals surface area (Å²) in [5.41, 5.74) is 1.23. The minimum atomic E-state index is -3.07. The largest absolute Gasteiger partial charge is 0.489 e. The fraction of sp³-hybridized carbons (Fsp3) is 0.286. The van der Waals surface area contributed by atoms with Crippen molar-refractivity contribution in [1.82, 2.24) is 4.90 Å². The number of H-pyrrole nitrogens is 1. The molecule has 12 heteroatoms. The van der Waals surface area contributed by atoms with Crippen LogP contribution >= 0.6 is 23.2 Å². The molecule has 40 heavy (non-hydrogen) atoms. The van der Waals surface area contributed by atoms with Crippen LogP contribution < -0.4 is 14.5 Å². The summed E-state index contributed by atoms with van der Waals surface area (Å²) in [4.78, 5) is 42.2. The molecule has 1 aliphatic carbocycles. The van der Waals surface area contributed by atoms with Crippen molar-refractivity contribution in [1.29, 1.82) is 0 Å². The first-order chi connectivity index (χ1) is 19.2. The summed E-state index contributed by atoms with van der Waals surface area (Å²) >= 11 is 12.7. The Kier molecular flexibility index (Phi) is 8.18. The maximum atomic E-state index is 13.1. The molecule has 1 aliphatic heterocycles. The zero-order chi connectivity index (χ0) is 28.4. The number of imide groups is 1. The number of hydrogen-bond acceptors (Lipinski definition) is 6. The third-order valence-electron chi connectivity index (χ3n) is 6.55. The van der Waals surface area contributed by atoms with E-state index in [9.17, 15) is 23.2 Å². The Morgan fingerprint density at radius 2 is 1.65 bits per heavy atom. The zero-order valence-corrected chi connectivity index (χ0v) is 22.4. The number of benzene rings is 2. The second-order valence-corrected chi connectivity index (χ2v) is 10.2. The number of nitrogens with zero attached hydrogens (tertiary/aromatic N) is 1. The zero-order valence-electron chi connectivity index (χ0n) is 20.9. The number of ether oxygens (including phenoxy) is 3. The number of alkyl halides is 2. The lowest BCUT2D eigenvalue weighted by Gasteiger charge is -2.22. The molecule has 8 nitrogen and oxygen atoms in total. The van der Waals surface area contributed by atoms with Crippen LogP contribution in [0.1, 0.15) is 50.8 Å². The molecule has 2 aromatic carbocycles. The molecule has 2 amide bonds. The summed E-state index contributed by atoms with van der Waals surface area (Å²) in [6.07, 6.45) is 3.92. The smallest absolute Gasteiger partial charge is 0.387 e. The van der Waals surface area contributed by atoms with Gasteiger partial charge in [-0.1, -0.05) is 41.4 Å². The van der Waals surface area contributed by atoms with Crippen molar-refractivity contribution in [2.45, 2.75) is 32.0 Å². The van der Waals surface area contributed by atoms with Gasteiger partial charge in [0.25, 0.3) is 11.8 Å². The van der Waals surface area contributed by atoms with Gasteiger partial charge >= 0.3 is 12.6 Å². The molecule has 1 aromatic heterocycles. The summed E-state index contributed by atoms with van der Waals surface area (Å²) in [5.74, 6) is -1.87. The van der Waals surface area contributed by atoms with Gasteiger partial charge < -0.3 is 14.2 Å². The first-order valence-corrected chi connectivity index (χ1v) is 13.2. The lowest BCUT2D eigenvalue weighted by atomic mass is 10.0. The van der Waals surface area contributed by atoms with E-state index in [0.29, 0.717) is 23.7 Å². The number of aromatic amines is 1. The number of aromatic nitrogens is 1. The van der Waals surface area contributed by atoms with Crippen LogP contribution in [0.4, 0.5) is 8.78 Å². The number of hydrogen-bond donors (Lipinski definition) is 0. The van der Waals surface area contributed by atoms with E-state index in [0.717, 1.165) is 17.7 Å². The van der Waals surface area contributed by atoms with Crippen molar-refractivity contribution < 1.29 is 42.4 Å². The molecule has 3 aromatic rings. The fourth-order valence-corrected chi connectivity index (χ4v) is 4.85. The predicted octanol–water partition coefficient (Wildman–Crippen LogP) is 5.32. The molecule has 1 saturated carbocycles.